The summed E-state index contributed by atoms with van der Waals surface area (Å²) in [7, 11) is 0. The van der Waals surface area contributed by atoms with Crippen LogP contribution in [-0.2, 0) is 6.54 Å². The van der Waals surface area contributed by atoms with Gasteiger partial charge in [-0.25, -0.2) is 4.98 Å². The number of nitrogens with zero attached hydrogens (tertiary/aromatic N) is 3. The average Bonchev–Trinajstić information content (AvgIpc) is 2.37. The Labute approximate surface area is 100.0 Å². The van der Waals surface area contributed by atoms with Crippen LogP contribution in [0.5, 0.6) is 0 Å². The van der Waals surface area contributed by atoms with Crippen molar-refractivity contribution in [2.45, 2.75) is 13.5 Å². The van der Waals surface area contributed by atoms with Crippen LogP contribution in [0.1, 0.15) is 17.1 Å². The topological polar surface area (TPSA) is 61.6 Å². The van der Waals surface area contributed by atoms with E-state index in [9.17, 15) is 0 Å². The third kappa shape index (κ3) is 3.02. The minimum absolute atomic E-state index is 0.409. The van der Waals surface area contributed by atoms with Crippen LogP contribution >= 0.6 is 0 Å². The van der Waals surface area contributed by atoms with Crippen LogP contribution in [-0.4, -0.2) is 9.97 Å². The zero-order chi connectivity index (χ0) is 12.1. The zero-order valence-corrected chi connectivity index (χ0v) is 9.51. The van der Waals surface area contributed by atoms with Gasteiger partial charge in [-0.3, -0.25) is 4.98 Å². The normalized spacial score (nSPS) is 9.65. The van der Waals surface area contributed by atoms with Crippen molar-refractivity contribution in [2.24, 2.45) is 0 Å². The Morgan fingerprint density at radius 2 is 2.24 bits per heavy atom. The summed E-state index contributed by atoms with van der Waals surface area (Å²) in [6.07, 6.45) is 1.62. The predicted molar refractivity (Wildman–Crippen MR) is 65.3 cm³/mol. The fraction of sp³-hybridized carbons (Fsp3) is 0.154. The number of nitriles is 1. The number of aromatic nitrogens is 2. The van der Waals surface area contributed by atoms with Crippen molar-refractivity contribution in [3.63, 3.8) is 0 Å². The van der Waals surface area contributed by atoms with Crippen LogP contribution in [0.25, 0.3) is 0 Å². The molecule has 0 fully saturated rings. The van der Waals surface area contributed by atoms with Gasteiger partial charge in [-0.15, -0.1) is 0 Å². The van der Waals surface area contributed by atoms with Crippen molar-refractivity contribution in [1.29, 1.82) is 5.26 Å². The molecule has 4 nitrogen and oxygen atoms in total. The molecule has 0 unspecified atom stereocenters. The maximum absolute atomic E-state index is 8.73. The minimum atomic E-state index is 0.409. The first-order chi connectivity index (χ1) is 8.28. The van der Waals surface area contributed by atoms with E-state index < -0.39 is 0 Å². The summed E-state index contributed by atoms with van der Waals surface area (Å²) in [6.45, 7) is 2.60. The van der Waals surface area contributed by atoms with Crippen LogP contribution in [0.3, 0.4) is 0 Å². The molecule has 0 saturated heterocycles. The van der Waals surface area contributed by atoms with E-state index in [0.717, 1.165) is 17.1 Å². The molecule has 4 heteroatoms. The monoisotopic (exact) mass is 224 g/mol. The Hall–Kier alpha value is -2.41. The SMILES string of the molecule is Cc1cccc(CNc2ccnc(C#N)c2)n1. The highest BCUT2D eigenvalue weighted by Crippen LogP contribution is 2.09. The Bertz CT molecular complexity index is 557. The van der Waals surface area contributed by atoms with E-state index in [2.05, 4.69) is 15.3 Å². The summed E-state index contributed by atoms with van der Waals surface area (Å²) in [5, 5.41) is 11.9. The number of anilines is 1. The third-order valence-electron chi connectivity index (χ3n) is 2.29. The second-order valence-electron chi connectivity index (χ2n) is 3.67. The van der Waals surface area contributed by atoms with Gasteiger partial charge in [-0.05, 0) is 31.2 Å². The second kappa shape index (κ2) is 5.08. The maximum atomic E-state index is 8.73. The van der Waals surface area contributed by atoms with Crippen molar-refractivity contribution in [3.05, 3.63) is 53.6 Å². The molecule has 0 aromatic carbocycles. The molecule has 2 rings (SSSR count). The van der Waals surface area contributed by atoms with Crippen LogP contribution < -0.4 is 5.32 Å². The molecule has 1 N–H and O–H groups in total. The van der Waals surface area contributed by atoms with Crippen LogP contribution in [0.4, 0.5) is 5.69 Å². The van der Waals surface area contributed by atoms with Crippen LogP contribution in [0, 0.1) is 18.3 Å². The third-order valence-corrected chi connectivity index (χ3v) is 2.29. The highest BCUT2D eigenvalue weighted by Gasteiger charge is 1.97. The molecule has 0 atom stereocenters. The first-order valence-electron chi connectivity index (χ1n) is 5.30. The van der Waals surface area contributed by atoms with Gasteiger partial charge in [0, 0.05) is 17.6 Å². The van der Waals surface area contributed by atoms with Gasteiger partial charge < -0.3 is 5.32 Å². The Balaban J connectivity index is 2.05. The van der Waals surface area contributed by atoms with Gasteiger partial charge in [-0.1, -0.05) is 6.07 Å². The molecule has 2 aromatic heterocycles. The van der Waals surface area contributed by atoms with E-state index in [1.165, 1.54) is 0 Å². The Kier molecular flexibility index (Phi) is 3.31. The number of hydrogen-bond donors (Lipinski definition) is 1. The summed E-state index contributed by atoms with van der Waals surface area (Å²) >= 11 is 0. The quantitative estimate of drug-likeness (QED) is 0.868. The molecule has 17 heavy (non-hydrogen) atoms. The first kappa shape index (κ1) is 11.1. The molecule has 0 aliphatic heterocycles. The second-order valence-corrected chi connectivity index (χ2v) is 3.67. The molecule has 84 valence electrons. The molecular weight excluding hydrogens is 212 g/mol. The van der Waals surface area contributed by atoms with Crippen molar-refractivity contribution in [2.75, 3.05) is 5.32 Å². The summed E-state index contributed by atoms with van der Waals surface area (Å²) in [5.41, 5.74) is 3.25. The minimum Gasteiger partial charge on any atom is -0.379 e. The average molecular weight is 224 g/mol. The van der Waals surface area contributed by atoms with Gasteiger partial charge in [0.05, 0.1) is 12.2 Å². The standard InChI is InChI=1S/C13H12N4/c1-10-3-2-4-12(17-10)9-16-11-5-6-15-13(7-11)8-14/h2-7H,9H2,1H3,(H,15,16). The van der Waals surface area contributed by atoms with E-state index in [1.54, 1.807) is 12.3 Å². The molecule has 0 bridgehead atoms. The van der Waals surface area contributed by atoms with Gasteiger partial charge in [-0.2, -0.15) is 5.26 Å². The van der Waals surface area contributed by atoms with Gasteiger partial charge in [0.25, 0.3) is 0 Å². The van der Waals surface area contributed by atoms with E-state index in [4.69, 9.17) is 5.26 Å². The maximum Gasteiger partial charge on any atom is 0.142 e. The van der Waals surface area contributed by atoms with Gasteiger partial charge >= 0.3 is 0 Å². The zero-order valence-electron chi connectivity index (χ0n) is 9.51. The summed E-state index contributed by atoms with van der Waals surface area (Å²) in [5.74, 6) is 0. The number of pyridine rings is 2. The Morgan fingerprint density at radius 3 is 3.00 bits per heavy atom. The first-order valence-corrected chi connectivity index (χ1v) is 5.30. The molecule has 2 aromatic rings. The van der Waals surface area contributed by atoms with E-state index >= 15 is 0 Å². The lowest BCUT2D eigenvalue weighted by Crippen LogP contribution is -2.02. The predicted octanol–water partition coefficient (Wildman–Crippen LogP) is 2.27. The Morgan fingerprint density at radius 1 is 1.35 bits per heavy atom. The number of nitrogens with one attached hydrogen (secondary N) is 1. The molecule has 0 saturated carbocycles. The van der Waals surface area contributed by atoms with Crippen molar-refractivity contribution in [3.8, 4) is 6.07 Å². The van der Waals surface area contributed by atoms with E-state index in [1.807, 2.05) is 37.3 Å². The lowest BCUT2D eigenvalue weighted by Gasteiger charge is -2.06. The highest BCUT2D eigenvalue weighted by atomic mass is 14.9. The fourth-order valence-electron chi connectivity index (χ4n) is 1.49. The van der Waals surface area contributed by atoms with Gasteiger partial charge in [0.2, 0.25) is 0 Å². The van der Waals surface area contributed by atoms with Crippen molar-refractivity contribution in [1.82, 2.24) is 9.97 Å². The molecule has 0 amide bonds. The number of rotatable bonds is 3. The summed E-state index contributed by atoms with van der Waals surface area (Å²) in [4.78, 5) is 8.30. The van der Waals surface area contributed by atoms with Gasteiger partial charge in [0.1, 0.15) is 11.8 Å². The summed E-state index contributed by atoms with van der Waals surface area (Å²) in [6, 6.07) is 11.5. The summed E-state index contributed by atoms with van der Waals surface area (Å²) < 4.78 is 0. The lowest BCUT2D eigenvalue weighted by atomic mass is 10.3. The molecule has 0 aliphatic rings. The lowest BCUT2D eigenvalue weighted by molar-refractivity contribution is 1.01. The van der Waals surface area contributed by atoms with Crippen LogP contribution in [0.15, 0.2) is 36.5 Å². The smallest absolute Gasteiger partial charge is 0.142 e. The molecule has 2 heterocycles. The molecule has 0 radical (unpaired) electrons. The van der Waals surface area contributed by atoms with E-state index in [-0.39, 0.29) is 0 Å². The number of hydrogen-bond acceptors (Lipinski definition) is 4. The largest absolute Gasteiger partial charge is 0.379 e. The molecule has 0 aliphatic carbocycles. The number of aryl methyl sites for hydroxylation is 1. The molecular formula is C13H12N4. The van der Waals surface area contributed by atoms with Crippen molar-refractivity contribution >= 4 is 5.69 Å². The fourth-order valence-corrected chi connectivity index (χ4v) is 1.49. The highest BCUT2D eigenvalue weighted by molar-refractivity contribution is 5.46. The van der Waals surface area contributed by atoms with Crippen LogP contribution in [0.2, 0.25) is 0 Å². The van der Waals surface area contributed by atoms with Crippen molar-refractivity contribution < 1.29 is 0 Å². The molecule has 0 spiro atoms. The van der Waals surface area contributed by atoms with E-state index in [0.29, 0.717) is 12.2 Å². The van der Waals surface area contributed by atoms with Gasteiger partial charge in [0.15, 0.2) is 0 Å².